The van der Waals surface area contributed by atoms with E-state index in [1.165, 1.54) is 47.2 Å². The van der Waals surface area contributed by atoms with Crippen LogP contribution in [0.3, 0.4) is 0 Å². The third kappa shape index (κ3) is 3.27. The topological polar surface area (TPSA) is 17.0 Å². The summed E-state index contributed by atoms with van der Waals surface area (Å²) in [6, 6.07) is 12.8. The van der Waals surface area contributed by atoms with Crippen LogP contribution in [0.4, 0.5) is 13.2 Å². The molecule has 150 valence electrons. The molecule has 1 N–H and O–H groups in total. The van der Waals surface area contributed by atoms with E-state index in [1.54, 1.807) is 12.1 Å². The van der Waals surface area contributed by atoms with Gasteiger partial charge in [-0.05, 0) is 67.7 Å². The molecule has 2 unspecified atom stereocenters. The van der Waals surface area contributed by atoms with Gasteiger partial charge in [0, 0.05) is 35.8 Å². The van der Waals surface area contributed by atoms with Crippen LogP contribution >= 0.6 is 0 Å². The summed E-state index contributed by atoms with van der Waals surface area (Å²) >= 11 is 0. The highest BCUT2D eigenvalue weighted by Gasteiger charge is 2.34. The van der Waals surface area contributed by atoms with Crippen molar-refractivity contribution in [2.45, 2.75) is 50.9 Å². The Labute approximate surface area is 168 Å². The lowest BCUT2D eigenvalue weighted by Gasteiger charge is -2.36. The molecular formula is C24H23F3N2. The number of hydrogen-bond acceptors (Lipinski definition) is 1. The molecule has 2 aromatic carbocycles. The van der Waals surface area contributed by atoms with Crippen molar-refractivity contribution in [1.29, 1.82) is 0 Å². The third-order valence-electron chi connectivity index (χ3n) is 6.20. The van der Waals surface area contributed by atoms with Gasteiger partial charge in [-0.1, -0.05) is 23.8 Å². The van der Waals surface area contributed by atoms with Crippen LogP contribution in [0.5, 0.6) is 0 Å². The molecule has 0 amide bonds. The van der Waals surface area contributed by atoms with Crippen molar-refractivity contribution in [3.63, 3.8) is 0 Å². The molecule has 2 aliphatic rings. The Kier molecular flexibility index (Phi) is 4.32. The lowest BCUT2D eigenvalue weighted by atomic mass is 9.84. The fraction of sp³-hybridized carbons (Fsp3) is 0.333. The van der Waals surface area contributed by atoms with Gasteiger partial charge in [0.05, 0.1) is 11.1 Å². The summed E-state index contributed by atoms with van der Waals surface area (Å²) in [5, 5.41) is 5.03. The van der Waals surface area contributed by atoms with Crippen LogP contribution < -0.4 is 5.32 Å². The smallest absolute Gasteiger partial charge is 0.320 e. The molecular weight excluding hydrogens is 373 g/mol. The van der Waals surface area contributed by atoms with Crippen LogP contribution in [0.15, 0.2) is 42.5 Å². The number of halogens is 3. The molecule has 2 nitrogen and oxygen atoms in total. The maximum Gasteiger partial charge on any atom is 0.416 e. The average Bonchev–Trinajstić information content (AvgIpc) is 2.98. The molecule has 2 bridgehead atoms. The van der Waals surface area contributed by atoms with Gasteiger partial charge in [-0.25, -0.2) is 0 Å². The van der Waals surface area contributed by atoms with Crippen molar-refractivity contribution in [2.24, 2.45) is 0 Å². The Hall–Kier alpha value is -2.53. The highest BCUT2D eigenvalue weighted by atomic mass is 19.4. The third-order valence-corrected chi connectivity index (χ3v) is 6.20. The summed E-state index contributed by atoms with van der Waals surface area (Å²) in [5.74, 6) is 0. The summed E-state index contributed by atoms with van der Waals surface area (Å²) in [6.45, 7) is 2.10. The van der Waals surface area contributed by atoms with Gasteiger partial charge in [0.15, 0.2) is 0 Å². The van der Waals surface area contributed by atoms with Crippen LogP contribution in [-0.2, 0) is 12.6 Å². The minimum Gasteiger partial charge on any atom is -0.320 e. The van der Waals surface area contributed by atoms with Gasteiger partial charge in [-0.3, -0.25) is 0 Å². The van der Waals surface area contributed by atoms with Crippen LogP contribution in [-0.4, -0.2) is 10.6 Å². The van der Waals surface area contributed by atoms with E-state index in [9.17, 15) is 13.2 Å². The summed E-state index contributed by atoms with van der Waals surface area (Å²) in [6.07, 6.45) is 3.89. The molecule has 2 atom stereocenters. The highest BCUT2D eigenvalue weighted by molar-refractivity contribution is 5.90. The lowest BCUT2D eigenvalue weighted by molar-refractivity contribution is -0.137. The molecule has 1 aromatic heterocycles. The molecule has 1 fully saturated rings. The normalized spacial score (nSPS) is 21.7. The number of rotatable bonds is 2. The van der Waals surface area contributed by atoms with E-state index in [2.05, 4.69) is 35.0 Å². The molecule has 3 aromatic rings. The maximum absolute atomic E-state index is 13.0. The highest BCUT2D eigenvalue weighted by Crippen LogP contribution is 2.41. The number of nitrogens with zero attached hydrogens (tertiary/aromatic N) is 1. The monoisotopic (exact) mass is 396 g/mol. The van der Waals surface area contributed by atoms with Crippen LogP contribution in [0.2, 0.25) is 0 Å². The molecule has 5 rings (SSSR count). The molecule has 0 radical (unpaired) electrons. The van der Waals surface area contributed by atoms with Gasteiger partial charge in [-0.15, -0.1) is 0 Å². The first kappa shape index (κ1) is 18.5. The largest absolute Gasteiger partial charge is 0.416 e. The molecule has 0 aliphatic carbocycles. The number of aromatic nitrogens is 1. The van der Waals surface area contributed by atoms with Crippen LogP contribution in [0.25, 0.3) is 23.2 Å². The minimum atomic E-state index is -4.33. The van der Waals surface area contributed by atoms with Crippen molar-refractivity contribution in [2.75, 3.05) is 0 Å². The van der Waals surface area contributed by atoms with Crippen LogP contribution in [0, 0.1) is 6.92 Å². The maximum atomic E-state index is 13.0. The van der Waals surface area contributed by atoms with Crippen molar-refractivity contribution >= 4 is 23.2 Å². The molecule has 0 spiro atoms. The number of fused-ring (bicyclic) bond motifs is 6. The van der Waals surface area contributed by atoms with Gasteiger partial charge in [0.2, 0.25) is 0 Å². The Morgan fingerprint density at radius 1 is 1.10 bits per heavy atom. The number of nitrogens with one attached hydrogen (secondary N) is 1. The predicted molar refractivity (Wildman–Crippen MR) is 111 cm³/mol. The number of aryl methyl sites for hydroxylation is 1. The molecule has 5 heteroatoms. The zero-order valence-corrected chi connectivity index (χ0v) is 16.3. The summed E-state index contributed by atoms with van der Waals surface area (Å²) in [5.41, 5.74) is 4.94. The van der Waals surface area contributed by atoms with Gasteiger partial charge in [0.25, 0.3) is 0 Å². The summed E-state index contributed by atoms with van der Waals surface area (Å²) in [7, 11) is 0. The van der Waals surface area contributed by atoms with E-state index in [1.807, 2.05) is 6.20 Å². The van der Waals surface area contributed by atoms with E-state index >= 15 is 0 Å². The van der Waals surface area contributed by atoms with Crippen molar-refractivity contribution < 1.29 is 13.2 Å². The quantitative estimate of drug-likeness (QED) is 0.535. The summed E-state index contributed by atoms with van der Waals surface area (Å²) in [4.78, 5) is 0. The van der Waals surface area contributed by atoms with Gasteiger partial charge >= 0.3 is 6.18 Å². The van der Waals surface area contributed by atoms with E-state index in [4.69, 9.17) is 0 Å². The fourth-order valence-corrected chi connectivity index (χ4v) is 4.89. The average molecular weight is 396 g/mol. The van der Waals surface area contributed by atoms with Gasteiger partial charge < -0.3 is 9.88 Å². The number of hydrogen-bond donors (Lipinski definition) is 1. The SMILES string of the molecule is Cc1ccc2c(c1)c1c(n2/C=C/c2cccc(C(F)(F)F)c2)CC2CCCC1N2. The van der Waals surface area contributed by atoms with Crippen molar-refractivity contribution in [1.82, 2.24) is 9.88 Å². The number of benzene rings is 2. The van der Waals surface area contributed by atoms with Crippen molar-refractivity contribution in [3.8, 4) is 0 Å². The first-order valence-electron chi connectivity index (χ1n) is 10.1. The Balaban J connectivity index is 1.63. The van der Waals surface area contributed by atoms with E-state index in [-0.39, 0.29) is 0 Å². The van der Waals surface area contributed by atoms with E-state index < -0.39 is 11.7 Å². The van der Waals surface area contributed by atoms with Gasteiger partial charge in [0.1, 0.15) is 0 Å². The molecule has 2 aliphatic heterocycles. The number of piperidine rings is 1. The summed E-state index contributed by atoms with van der Waals surface area (Å²) < 4.78 is 41.3. The second-order valence-corrected chi connectivity index (χ2v) is 8.24. The van der Waals surface area contributed by atoms with E-state index in [0.717, 1.165) is 24.4 Å². The lowest BCUT2D eigenvalue weighted by Crippen LogP contribution is -2.42. The van der Waals surface area contributed by atoms with Crippen molar-refractivity contribution in [3.05, 3.63) is 70.4 Å². The van der Waals surface area contributed by atoms with E-state index in [0.29, 0.717) is 17.6 Å². The molecule has 0 saturated carbocycles. The Morgan fingerprint density at radius 3 is 2.79 bits per heavy atom. The van der Waals surface area contributed by atoms with Gasteiger partial charge in [-0.2, -0.15) is 13.2 Å². The fourth-order valence-electron chi connectivity index (χ4n) is 4.89. The minimum absolute atomic E-state index is 0.366. The Bertz CT molecular complexity index is 1110. The second kappa shape index (κ2) is 6.77. The van der Waals surface area contributed by atoms with Crippen LogP contribution in [0.1, 0.15) is 53.3 Å². The number of alkyl halides is 3. The first-order chi connectivity index (χ1) is 13.9. The predicted octanol–water partition coefficient (Wildman–Crippen LogP) is 6.34. The standard InChI is InChI=1S/C24H23F3N2/c1-15-8-9-21-19(12-15)23-20-7-3-6-18(28-20)14-22(23)29(21)11-10-16-4-2-5-17(13-16)24(25,26)27/h2,4-5,8-13,18,20,28H,3,6-7,14H2,1H3/b11-10+. The molecule has 29 heavy (non-hydrogen) atoms. The molecule has 3 heterocycles. The molecule has 1 saturated heterocycles. The zero-order valence-electron chi connectivity index (χ0n) is 16.3. The first-order valence-corrected chi connectivity index (χ1v) is 10.1. The second-order valence-electron chi connectivity index (χ2n) is 8.24. The zero-order chi connectivity index (χ0) is 20.2. The Morgan fingerprint density at radius 2 is 1.97 bits per heavy atom.